The van der Waals surface area contributed by atoms with E-state index in [0.29, 0.717) is 12.1 Å². The Hall–Kier alpha value is -3.41. The van der Waals surface area contributed by atoms with E-state index in [2.05, 4.69) is 15.7 Å². The lowest BCUT2D eigenvalue weighted by molar-refractivity contribution is -0.116. The molecule has 0 saturated carbocycles. The highest BCUT2D eigenvalue weighted by molar-refractivity contribution is 5.95. The van der Waals surface area contributed by atoms with Gasteiger partial charge in [0.15, 0.2) is 0 Å². The predicted molar refractivity (Wildman–Crippen MR) is 99.8 cm³/mol. The molecule has 2 aromatic carbocycles. The summed E-state index contributed by atoms with van der Waals surface area (Å²) in [5.41, 5.74) is 2.36. The second-order valence-corrected chi connectivity index (χ2v) is 5.82. The Bertz CT molecular complexity index is 861. The van der Waals surface area contributed by atoms with Crippen LogP contribution in [0.25, 0.3) is 0 Å². The molecule has 0 unspecified atom stereocenters. The van der Waals surface area contributed by atoms with Crippen molar-refractivity contribution >= 4 is 17.5 Å². The van der Waals surface area contributed by atoms with Crippen molar-refractivity contribution < 1.29 is 9.59 Å². The smallest absolute Gasteiger partial charge is 0.251 e. The van der Waals surface area contributed by atoms with E-state index in [1.165, 1.54) is 0 Å². The molecule has 1 heterocycles. The number of nitrogens with zero attached hydrogens (tertiary/aromatic N) is 2. The highest BCUT2D eigenvalue weighted by Gasteiger charge is 2.07. The highest BCUT2D eigenvalue weighted by atomic mass is 16.2. The lowest BCUT2D eigenvalue weighted by atomic mass is 10.2. The molecule has 0 aliphatic rings. The van der Waals surface area contributed by atoms with Gasteiger partial charge in [0.05, 0.1) is 6.54 Å². The van der Waals surface area contributed by atoms with Gasteiger partial charge in [-0.2, -0.15) is 5.10 Å². The predicted octanol–water partition coefficient (Wildman–Crippen LogP) is 2.69. The first-order valence-electron chi connectivity index (χ1n) is 8.40. The van der Waals surface area contributed by atoms with Gasteiger partial charge in [-0.1, -0.05) is 30.3 Å². The van der Waals surface area contributed by atoms with Gasteiger partial charge < -0.3 is 10.6 Å². The zero-order chi connectivity index (χ0) is 18.2. The van der Waals surface area contributed by atoms with E-state index in [0.717, 1.165) is 11.3 Å². The van der Waals surface area contributed by atoms with Gasteiger partial charge in [-0.15, -0.1) is 0 Å². The van der Waals surface area contributed by atoms with Crippen molar-refractivity contribution in [1.82, 2.24) is 15.1 Å². The van der Waals surface area contributed by atoms with E-state index in [1.54, 1.807) is 30.5 Å². The van der Waals surface area contributed by atoms with Crippen LogP contribution in [-0.2, 0) is 11.3 Å². The molecule has 3 aromatic rings. The molecule has 1 aromatic heterocycles. The van der Waals surface area contributed by atoms with Gasteiger partial charge in [0, 0.05) is 36.6 Å². The summed E-state index contributed by atoms with van der Waals surface area (Å²) in [6.45, 7) is 0.927. The number of aromatic nitrogens is 2. The normalized spacial score (nSPS) is 10.3. The van der Waals surface area contributed by atoms with E-state index < -0.39 is 0 Å². The largest absolute Gasteiger partial charge is 0.352 e. The first kappa shape index (κ1) is 17.4. The number of hydrogen-bond acceptors (Lipinski definition) is 3. The number of anilines is 1. The van der Waals surface area contributed by atoms with Crippen LogP contribution in [0.2, 0.25) is 0 Å². The molecule has 2 amide bonds. The van der Waals surface area contributed by atoms with Crippen molar-refractivity contribution in [2.24, 2.45) is 0 Å². The van der Waals surface area contributed by atoms with Gasteiger partial charge in [-0.3, -0.25) is 14.3 Å². The number of amides is 2. The lowest BCUT2D eigenvalue weighted by Gasteiger charge is -2.09. The standard InChI is InChI=1S/C20H20N4O2/c25-19(10-12-21-20(26)17-7-2-1-3-8-17)23-18-9-4-6-16(14-18)15-24-13-5-11-22-24/h1-9,11,13-14H,10,12,15H2,(H,21,26)(H,23,25). The molecular weight excluding hydrogens is 328 g/mol. The maximum absolute atomic E-state index is 12.1. The van der Waals surface area contributed by atoms with Crippen molar-refractivity contribution in [2.75, 3.05) is 11.9 Å². The molecule has 132 valence electrons. The fourth-order valence-electron chi connectivity index (χ4n) is 2.53. The van der Waals surface area contributed by atoms with E-state index in [9.17, 15) is 9.59 Å². The molecular formula is C20H20N4O2. The molecule has 2 N–H and O–H groups in total. The summed E-state index contributed by atoms with van der Waals surface area (Å²) in [5.74, 6) is -0.325. The molecule has 0 bridgehead atoms. The molecule has 0 atom stereocenters. The minimum absolute atomic E-state index is 0.144. The van der Waals surface area contributed by atoms with Crippen LogP contribution in [0.15, 0.2) is 73.1 Å². The van der Waals surface area contributed by atoms with Crippen molar-refractivity contribution in [3.63, 3.8) is 0 Å². The van der Waals surface area contributed by atoms with E-state index >= 15 is 0 Å². The summed E-state index contributed by atoms with van der Waals surface area (Å²) in [4.78, 5) is 24.0. The van der Waals surface area contributed by atoms with Gasteiger partial charge >= 0.3 is 0 Å². The van der Waals surface area contributed by atoms with Crippen molar-refractivity contribution in [2.45, 2.75) is 13.0 Å². The van der Waals surface area contributed by atoms with E-state index in [-0.39, 0.29) is 24.8 Å². The number of carbonyl (C=O) groups is 2. The Morgan fingerprint density at radius 2 is 1.85 bits per heavy atom. The summed E-state index contributed by atoms with van der Waals surface area (Å²) < 4.78 is 1.82. The zero-order valence-corrected chi connectivity index (χ0v) is 14.3. The van der Waals surface area contributed by atoms with Crippen molar-refractivity contribution in [3.05, 3.63) is 84.2 Å². The molecule has 3 rings (SSSR count). The Labute approximate surface area is 151 Å². The molecule has 0 saturated heterocycles. The summed E-state index contributed by atoms with van der Waals surface area (Å²) in [7, 11) is 0. The summed E-state index contributed by atoms with van der Waals surface area (Å²) in [6.07, 6.45) is 3.83. The number of carbonyl (C=O) groups excluding carboxylic acids is 2. The van der Waals surface area contributed by atoms with Crippen LogP contribution in [0.5, 0.6) is 0 Å². The summed E-state index contributed by atoms with van der Waals surface area (Å²) in [6, 6.07) is 18.4. The maximum Gasteiger partial charge on any atom is 0.251 e. The Kier molecular flexibility index (Phi) is 5.77. The van der Waals surface area contributed by atoms with Gasteiger partial charge in [-0.25, -0.2) is 0 Å². The van der Waals surface area contributed by atoms with Crippen molar-refractivity contribution in [1.29, 1.82) is 0 Å². The monoisotopic (exact) mass is 348 g/mol. The third-order valence-corrected chi connectivity index (χ3v) is 3.79. The van der Waals surface area contributed by atoms with Crippen molar-refractivity contribution in [3.8, 4) is 0 Å². The minimum atomic E-state index is -0.181. The number of benzene rings is 2. The summed E-state index contributed by atoms with van der Waals surface area (Å²) in [5, 5.41) is 9.77. The molecule has 26 heavy (non-hydrogen) atoms. The second-order valence-electron chi connectivity index (χ2n) is 5.82. The number of rotatable bonds is 7. The Morgan fingerprint density at radius 3 is 2.62 bits per heavy atom. The van der Waals surface area contributed by atoms with Gasteiger partial charge in [0.1, 0.15) is 0 Å². The van der Waals surface area contributed by atoms with Gasteiger partial charge in [0.2, 0.25) is 5.91 Å². The third-order valence-electron chi connectivity index (χ3n) is 3.79. The van der Waals surface area contributed by atoms with E-state index in [1.807, 2.05) is 47.3 Å². The second kappa shape index (κ2) is 8.62. The molecule has 0 fully saturated rings. The Morgan fingerprint density at radius 1 is 1.00 bits per heavy atom. The van der Waals surface area contributed by atoms with Crippen LogP contribution < -0.4 is 10.6 Å². The molecule has 6 nitrogen and oxygen atoms in total. The number of nitrogens with one attached hydrogen (secondary N) is 2. The first-order valence-corrected chi connectivity index (χ1v) is 8.40. The highest BCUT2D eigenvalue weighted by Crippen LogP contribution is 2.12. The molecule has 0 spiro atoms. The van der Waals surface area contributed by atoms with Crippen LogP contribution in [0.1, 0.15) is 22.3 Å². The maximum atomic E-state index is 12.1. The minimum Gasteiger partial charge on any atom is -0.352 e. The zero-order valence-electron chi connectivity index (χ0n) is 14.3. The van der Waals surface area contributed by atoms with Crippen LogP contribution >= 0.6 is 0 Å². The fourth-order valence-corrected chi connectivity index (χ4v) is 2.53. The van der Waals surface area contributed by atoms with Crippen LogP contribution in [0, 0.1) is 0 Å². The molecule has 0 aliphatic heterocycles. The van der Waals surface area contributed by atoms with Crippen LogP contribution in [0.4, 0.5) is 5.69 Å². The molecule has 0 aliphatic carbocycles. The average Bonchev–Trinajstić information content (AvgIpc) is 3.15. The van der Waals surface area contributed by atoms with Crippen LogP contribution in [-0.4, -0.2) is 28.1 Å². The lowest BCUT2D eigenvalue weighted by Crippen LogP contribution is -2.27. The molecule has 6 heteroatoms. The quantitative estimate of drug-likeness (QED) is 0.689. The Balaban J connectivity index is 1.46. The topological polar surface area (TPSA) is 76.0 Å². The number of hydrogen-bond donors (Lipinski definition) is 2. The van der Waals surface area contributed by atoms with E-state index in [4.69, 9.17) is 0 Å². The summed E-state index contributed by atoms with van der Waals surface area (Å²) >= 11 is 0. The first-order chi connectivity index (χ1) is 12.7. The SMILES string of the molecule is O=C(CCNC(=O)c1ccccc1)Nc1cccc(Cn2cccn2)c1. The average molecular weight is 348 g/mol. The molecule has 0 radical (unpaired) electrons. The van der Waals surface area contributed by atoms with Gasteiger partial charge in [0.25, 0.3) is 5.91 Å². The fraction of sp³-hybridized carbons (Fsp3) is 0.150. The van der Waals surface area contributed by atoms with Gasteiger partial charge in [-0.05, 0) is 35.9 Å². The van der Waals surface area contributed by atoms with Crippen LogP contribution in [0.3, 0.4) is 0 Å². The third kappa shape index (κ3) is 5.04.